The molecule has 0 aromatic carbocycles. The van der Waals surface area contributed by atoms with Crippen molar-refractivity contribution in [3.63, 3.8) is 0 Å². The molecule has 0 saturated carbocycles. The Balaban J connectivity index is 3.39. The van der Waals surface area contributed by atoms with Crippen LogP contribution in [-0.2, 0) is 0 Å². The van der Waals surface area contributed by atoms with Gasteiger partial charge in [0.2, 0.25) is 0 Å². The fraction of sp³-hybridized carbons (Fsp3) is 0.429. The highest BCUT2D eigenvalue weighted by atomic mass is 14.5. The maximum atomic E-state index is 3.79. The van der Waals surface area contributed by atoms with Crippen molar-refractivity contribution < 1.29 is 0 Å². The topological polar surface area (TPSA) is 14.1 Å². The molecule has 0 spiro atoms. The second-order valence-electron chi connectivity index (χ2n) is 1.67. The third-order valence-electron chi connectivity index (χ3n) is 1.01. The smallest absolute Gasteiger partial charge is 0.114 e. The van der Waals surface area contributed by atoms with E-state index in [1.54, 1.807) is 6.21 Å². The van der Waals surface area contributed by atoms with Crippen LogP contribution in [-0.4, -0.2) is 12.9 Å². The van der Waals surface area contributed by atoms with E-state index in [0.29, 0.717) is 0 Å². The first-order valence-electron chi connectivity index (χ1n) is 2.75. The fourth-order valence-electron chi connectivity index (χ4n) is 0.338. The number of nitrogens with zero attached hydrogens (tertiary/aromatic N) is 1. The molecular formula is C7H12N+. The second kappa shape index (κ2) is 4.35. The van der Waals surface area contributed by atoms with Crippen LogP contribution in [0.2, 0.25) is 0 Å². The highest BCUT2D eigenvalue weighted by Gasteiger charge is 1.87. The van der Waals surface area contributed by atoms with Gasteiger partial charge < -0.3 is 0 Å². The zero-order valence-electron chi connectivity index (χ0n) is 5.35. The highest BCUT2D eigenvalue weighted by Crippen LogP contribution is 1.97. The van der Waals surface area contributed by atoms with Gasteiger partial charge in [-0.1, -0.05) is 19.1 Å². The van der Waals surface area contributed by atoms with Crippen LogP contribution in [0, 0.1) is 0 Å². The molecule has 0 heterocycles. The van der Waals surface area contributed by atoms with Crippen molar-refractivity contribution in [2.75, 3.05) is 0 Å². The molecule has 0 rings (SSSR count). The summed E-state index contributed by atoms with van der Waals surface area (Å²) in [4.78, 5) is 0. The quantitative estimate of drug-likeness (QED) is 0.294. The lowest BCUT2D eigenvalue weighted by Gasteiger charge is -1.86. The zero-order chi connectivity index (χ0) is 6.41. The van der Waals surface area contributed by atoms with Crippen LogP contribution in [0.5, 0.6) is 0 Å². The first-order chi connectivity index (χ1) is 3.81. The largest absolute Gasteiger partial charge is 0.272 e. The lowest BCUT2D eigenvalue weighted by molar-refractivity contribution is 1.07. The second-order valence-corrected chi connectivity index (χ2v) is 1.67. The predicted octanol–water partition coefficient (Wildman–Crippen LogP) is 1.18. The van der Waals surface area contributed by atoms with E-state index >= 15 is 0 Å². The van der Waals surface area contributed by atoms with Crippen LogP contribution in [0.15, 0.2) is 12.2 Å². The molecule has 0 unspecified atom stereocenters. The molecule has 0 aromatic heterocycles. The van der Waals surface area contributed by atoms with Gasteiger partial charge in [-0.25, -0.2) is 0 Å². The first kappa shape index (κ1) is 7.19. The molecule has 1 nitrogen and oxygen atoms in total. The summed E-state index contributed by atoms with van der Waals surface area (Å²) in [5, 5.41) is 0. The van der Waals surface area contributed by atoms with Gasteiger partial charge in [0.1, 0.15) is 0 Å². The van der Waals surface area contributed by atoms with Crippen molar-refractivity contribution in [1.29, 1.82) is 0 Å². The van der Waals surface area contributed by atoms with Crippen molar-refractivity contribution in [2.24, 2.45) is 0 Å². The van der Waals surface area contributed by atoms with E-state index < -0.39 is 0 Å². The maximum Gasteiger partial charge on any atom is 0.272 e. The maximum absolute atomic E-state index is 3.79. The summed E-state index contributed by atoms with van der Waals surface area (Å²) in [5.74, 6) is 0. The average Bonchev–Trinajstić information content (AvgIpc) is 1.83. The minimum Gasteiger partial charge on any atom is -0.114 e. The summed E-state index contributed by atoms with van der Waals surface area (Å²) in [6, 6.07) is 0. The van der Waals surface area contributed by atoms with Crippen LogP contribution in [0.1, 0.15) is 19.8 Å². The molecule has 0 aliphatic heterocycles. The highest BCUT2D eigenvalue weighted by molar-refractivity contribution is 5.61. The molecule has 0 N–H and O–H groups in total. The lowest BCUT2D eigenvalue weighted by Crippen LogP contribution is -1.81. The van der Waals surface area contributed by atoms with E-state index in [1.165, 1.54) is 5.57 Å². The van der Waals surface area contributed by atoms with Crippen LogP contribution in [0.3, 0.4) is 0 Å². The van der Waals surface area contributed by atoms with Crippen molar-refractivity contribution in [3.8, 4) is 0 Å². The van der Waals surface area contributed by atoms with E-state index in [4.69, 9.17) is 0 Å². The molecular weight excluding hydrogens is 98.1 g/mol. The molecule has 0 radical (unpaired) electrons. The molecule has 44 valence electrons. The third-order valence-corrected chi connectivity index (χ3v) is 1.01. The van der Waals surface area contributed by atoms with Crippen LogP contribution in [0.25, 0.3) is 0 Å². The molecule has 0 aromatic rings. The molecule has 8 heavy (non-hydrogen) atoms. The van der Waals surface area contributed by atoms with Crippen molar-refractivity contribution >= 4 is 12.9 Å². The van der Waals surface area contributed by atoms with E-state index in [0.717, 1.165) is 12.8 Å². The molecule has 0 aliphatic carbocycles. The summed E-state index contributed by atoms with van der Waals surface area (Å²) < 4.78 is 3.59. The van der Waals surface area contributed by atoms with Crippen LogP contribution in [0.4, 0.5) is 0 Å². The van der Waals surface area contributed by atoms with Gasteiger partial charge in [0.05, 0.1) is 6.42 Å². The Morgan fingerprint density at radius 2 is 2.38 bits per heavy atom. The number of rotatable bonds is 3. The van der Waals surface area contributed by atoms with Crippen molar-refractivity contribution in [1.82, 2.24) is 4.67 Å². The fourth-order valence-corrected chi connectivity index (χ4v) is 0.338. The number of hydrogen-bond acceptors (Lipinski definition) is 0. The Kier molecular flexibility index (Phi) is 3.91. The van der Waals surface area contributed by atoms with E-state index in [9.17, 15) is 0 Å². The lowest BCUT2D eigenvalue weighted by atomic mass is 10.2. The van der Waals surface area contributed by atoms with Crippen molar-refractivity contribution in [2.45, 2.75) is 19.8 Å². The predicted molar refractivity (Wildman–Crippen MR) is 39.4 cm³/mol. The van der Waals surface area contributed by atoms with Gasteiger partial charge in [0.25, 0.3) is 12.9 Å². The summed E-state index contributed by atoms with van der Waals surface area (Å²) in [5.41, 5.74) is 1.21. The molecule has 0 amide bonds. The standard InChI is InChI=1S/C7H12N/c1-4-7(2)5-6-8-3/h6H,2-5H2,1H3/q+1. The summed E-state index contributed by atoms with van der Waals surface area (Å²) in [6.45, 7) is 9.19. The molecule has 0 saturated heterocycles. The Hall–Kier alpha value is -0.810. The van der Waals surface area contributed by atoms with E-state index in [2.05, 4.69) is 24.9 Å². The summed E-state index contributed by atoms with van der Waals surface area (Å²) in [7, 11) is 0. The van der Waals surface area contributed by atoms with Crippen molar-refractivity contribution in [3.05, 3.63) is 12.2 Å². The van der Waals surface area contributed by atoms with Gasteiger partial charge in [0, 0.05) is 0 Å². The van der Waals surface area contributed by atoms with E-state index in [-0.39, 0.29) is 0 Å². The summed E-state index contributed by atoms with van der Waals surface area (Å²) >= 11 is 0. The minimum absolute atomic E-state index is 0.875. The van der Waals surface area contributed by atoms with Crippen LogP contribution < -0.4 is 4.67 Å². The van der Waals surface area contributed by atoms with Gasteiger partial charge in [-0.05, 0) is 6.42 Å². The Bertz CT molecular complexity index is 118. The average molecular weight is 110 g/mol. The van der Waals surface area contributed by atoms with Gasteiger partial charge >= 0.3 is 0 Å². The summed E-state index contributed by atoms with van der Waals surface area (Å²) in [6.07, 6.45) is 3.68. The van der Waals surface area contributed by atoms with Gasteiger partial charge in [-0.15, -0.1) is 4.67 Å². The Morgan fingerprint density at radius 3 is 2.75 bits per heavy atom. The zero-order valence-corrected chi connectivity index (χ0v) is 5.35. The Morgan fingerprint density at radius 1 is 1.75 bits per heavy atom. The Labute approximate surface area is 50.5 Å². The molecule has 1 heteroatoms. The van der Waals surface area contributed by atoms with Gasteiger partial charge in [0.15, 0.2) is 0 Å². The minimum atomic E-state index is 0.875. The monoisotopic (exact) mass is 110 g/mol. The molecule has 0 fully saturated rings. The molecule has 0 aliphatic rings. The molecule has 0 bridgehead atoms. The first-order valence-corrected chi connectivity index (χ1v) is 2.75. The third kappa shape index (κ3) is 3.38. The normalized spacial score (nSPS) is 7.62. The van der Waals surface area contributed by atoms with Gasteiger partial charge in [-0.3, -0.25) is 0 Å². The SMILES string of the molecule is C=[N+]=CCC(=C)CC. The van der Waals surface area contributed by atoms with E-state index in [1.807, 2.05) is 0 Å². The number of allylic oxidation sites excluding steroid dienone is 1. The molecule has 0 atom stereocenters. The number of hydrogen-bond donors (Lipinski definition) is 0. The van der Waals surface area contributed by atoms with Gasteiger partial charge in [-0.2, -0.15) is 0 Å². The van der Waals surface area contributed by atoms with Crippen LogP contribution >= 0.6 is 0 Å².